The van der Waals surface area contributed by atoms with Crippen LogP contribution in [0, 0.1) is 13.8 Å². The molecule has 1 aromatic heterocycles. The Bertz CT molecular complexity index is 1040. The van der Waals surface area contributed by atoms with E-state index in [1.165, 1.54) is 6.07 Å². The highest BCUT2D eigenvalue weighted by atomic mass is 35.5. The predicted octanol–water partition coefficient (Wildman–Crippen LogP) is 4.61. The third kappa shape index (κ3) is 3.85. The molecule has 0 amide bonds. The number of aromatic amines is 1. The van der Waals surface area contributed by atoms with E-state index >= 15 is 0 Å². The van der Waals surface area contributed by atoms with Gasteiger partial charge in [-0.15, -0.1) is 0 Å². The Morgan fingerprint density at radius 2 is 1.84 bits per heavy atom. The van der Waals surface area contributed by atoms with Crippen molar-refractivity contribution in [1.29, 1.82) is 0 Å². The summed E-state index contributed by atoms with van der Waals surface area (Å²) in [5.41, 5.74) is 3.80. The van der Waals surface area contributed by atoms with Crippen molar-refractivity contribution in [2.45, 2.75) is 25.2 Å². The zero-order valence-corrected chi connectivity index (χ0v) is 16.2. The largest absolute Gasteiger partial charge is 0.358 e. The van der Waals surface area contributed by atoms with E-state index in [9.17, 15) is 8.42 Å². The maximum absolute atomic E-state index is 12.4. The second-order valence-electron chi connectivity index (χ2n) is 5.98. The molecule has 7 heteroatoms. The van der Waals surface area contributed by atoms with Crippen molar-refractivity contribution in [2.75, 3.05) is 6.54 Å². The first kappa shape index (κ1) is 18.3. The van der Waals surface area contributed by atoms with Gasteiger partial charge in [-0.2, -0.15) is 0 Å². The number of sulfonamides is 1. The van der Waals surface area contributed by atoms with Crippen LogP contribution in [-0.4, -0.2) is 19.9 Å². The van der Waals surface area contributed by atoms with Gasteiger partial charge in [-0.05, 0) is 67.8 Å². The number of hydrogen-bond donors (Lipinski definition) is 2. The summed E-state index contributed by atoms with van der Waals surface area (Å²) in [6, 6.07) is 10.3. The maximum Gasteiger partial charge on any atom is 0.240 e. The second kappa shape index (κ2) is 7.00. The molecule has 0 aliphatic heterocycles. The Balaban J connectivity index is 1.77. The number of benzene rings is 2. The summed E-state index contributed by atoms with van der Waals surface area (Å²) in [5, 5.41) is 2.22. The van der Waals surface area contributed by atoms with E-state index < -0.39 is 10.0 Å². The third-order valence-electron chi connectivity index (χ3n) is 4.19. The first-order valence-electron chi connectivity index (χ1n) is 7.80. The molecule has 0 aliphatic carbocycles. The number of H-pyrrole nitrogens is 1. The normalized spacial score (nSPS) is 12.0. The highest BCUT2D eigenvalue weighted by Crippen LogP contribution is 2.26. The Kier molecular flexibility index (Phi) is 5.11. The van der Waals surface area contributed by atoms with E-state index in [0.717, 1.165) is 27.7 Å². The van der Waals surface area contributed by atoms with Crippen LogP contribution in [0.15, 0.2) is 41.3 Å². The van der Waals surface area contributed by atoms with Gasteiger partial charge in [0.2, 0.25) is 10.0 Å². The van der Waals surface area contributed by atoms with Crippen LogP contribution in [-0.2, 0) is 16.4 Å². The lowest BCUT2D eigenvalue weighted by molar-refractivity contribution is 0.581. The van der Waals surface area contributed by atoms with E-state index in [-0.39, 0.29) is 4.90 Å². The van der Waals surface area contributed by atoms with Gasteiger partial charge in [0.1, 0.15) is 0 Å². The summed E-state index contributed by atoms with van der Waals surface area (Å²) < 4.78 is 27.5. The van der Waals surface area contributed by atoms with Crippen molar-refractivity contribution in [2.24, 2.45) is 0 Å². The van der Waals surface area contributed by atoms with Crippen molar-refractivity contribution in [3.8, 4) is 0 Å². The molecule has 25 heavy (non-hydrogen) atoms. The zero-order valence-electron chi connectivity index (χ0n) is 13.9. The quantitative estimate of drug-likeness (QED) is 0.660. The van der Waals surface area contributed by atoms with E-state index in [1.54, 1.807) is 19.1 Å². The van der Waals surface area contributed by atoms with Gasteiger partial charge in [-0.1, -0.05) is 23.2 Å². The van der Waals surface area contributed by atoms with Crippen molar-refractivity contribution in [1.82, 2.24) is 9.71 Å². The molecule has 0 aliphatic rings. The summed E-state index contributed by atoms with van der Waals surface area (Å²) in [6.07, 6.45) is 0.567. The lowest BCUT2D eigenvalue weighted by Gasteiger charge is -2.08. The molecule has 0 unspecified atom stereocenters. The van der Waals surface area contributed by atoms with Crippen molar-refractivity contribution in [3.05, 3.63) is 63.3 Å². The molecule has 1 heterocycles. The summed E-state index contributed by atoms with van der Waals surface area (Å²) in [6.45, 7) is 4.05. The van der Waals surface area contributed by atoms with E-state index in [1.807, 2.05) is 25.1 Å². The lowest BCUT2D eigenvalue weighted by atomic mass is 10.1. The van der Waals surface area contributed by atoms with Gasteiger partial charge >= 0.3 is 0 Å². The number of aromatic nitrogens is 1. The molecule has 0 saturated carbocycles. The van der Waals surface area contributed by atoms with E-state index in [4.69, 9.17) is 23.2 Å². The van der Waals surface area contributed by atoms with Gasteiger partial charge in [-0.25, -0.2) is 13.1 Å². The van der Waals surface area contributed by atoms with Gasteiger partial charge in [0.15, 0.2) is 0 Å². The Morgan fingerprint density at radius 1 is 1.08 bits per heavy atom. The molecule has 0 radical (unpaired) electrons. The molecule has 2 aromatic carbocycles. The van der Waals surface area contributed by atoms with E-state index in [2.05, 4.69) is 9.71 Å². The van der Waals surface area contributed by atoms with Gasteiger partial charge < -0.3 is 4.98 Å². The number of halogens is 2. The van der Waals surface area contributed by atoms with Crippen molar-refractivity contribution < 1.29 is 8.42 Å². The van der Waals surface area contributed by atoms with Gasteiger partial charge in [-0.3, -0.25) is 0 Å². The molecule has 4 nitrogen and oxygen atoms in total. The first-order valence-corrected chi connectivity index (χ1v) is 10.0. The number of rotatable bonds is 5. The number of aryl methyl sites for hydroxylation is 2. The number of nitrogens with one attached hydrogen (secondary N) is 2. The number of fused-ring (bicyclic) bond motifs is 1. The monoisotopic (exact) mass is 396 g/mol. The third-order valence-corrected chi connectivity index (χ3v) is 6.31. The average molecular weight is 397 g/mol. The molecule has 0 bridgehead atoms. The fourth-order valence-corrected chi connectivity index (χ4v) is 4.26. The van der Waals surface area contributed by atoms with Gasteiger partial charge in [0, 0.05) is 33.2 Å². The highest BCUT2D eigenvalue weighted by Gasteiger charge is 2.15. The zero-order chi connectivity index (χ0) is 18.2. The molecule has 132 valence electrons. The molecular weight excluding hydrogens is 379 g/mol. The lowest BCUT2D eigenvalue weighted by Crippen LogP contribution is -2.26. The van der Waals surface area contributed by atoms with Crippen LogP contribution in [0.25, 0.3) is 10.9 Å². The first-order chi connectivity index (χ1) is 11.8. The molecule has 3 rings (SSSR count). The van der Waals surface area contributed by atoms with Crippen LogP contribution in [0.5, 0.6) is 0 Å². The molecule has 0 fully saturated rings. The smallest absolute Gasteiger partial charge is 0.240 e. The summed E-state index contributed by atoms with van der Waals surface area (Å²) in [7, 11) is -3.57. The predicted molar refractivity (Wildman–Crippen MR) is 103 cm³/mol. The molecule has 3 aromatic rings. The van der Waals surface area contributed by atoms with Crippen LogP contribution >= 0.6 is 23.2 Å². The fraction of sp³-hybridized carbons (Fsp3) is 0.222. The van der Waals surface area contributed by atoms with Crippen LogP contribution in [0.1, 0.15) is 16.8 Å². The molecule has 2 N–H and O–H groups in total. The van der Waals surface area contributed by atoms with Crippen molar-refractivity contribution in [3.63, 3.8) is 0 Å². The minimum atomic E-state index is -3.57. The summed E-state index contributed by atoms with van der Waals surface area (Å²) in [4.78, 5) is 3.51. The average Bonchev–Trinajstić information content (AvgIpc) is 2.85. The highest BCUT2D eigenvalue weighted by molar-refractivity contribution is 7.89. The second-order valence-corrected chi connectivity index (χ2v) is 8.59. The molecular formula is C18H18Cl2N2O2S. The van der Waals surface area contributed by atoms with Crippen LogP contribution in [0.4, 0.5) is 0 Å². The molecule has 0 spiro atoms. The van der Waals surface area contributed by atoms with Crippen LogP contribution < -0.4 is 4.72 Å². The topological polar surface area (TPSA) is 62.0 Å². The minimum absolute atomic E-state index is 0.216. The molecule has 0 saturated heterocycles. The maximum atomic E-state index is 12.4. The van der Waals surface area contributed by atoms with Crippen molar-refractivity contribution >= 4 is 44.1 Å². The number of hydrogen-bond acceptors (Lipinski definition) is 2. The SMILES string of the molecule is Cc1cc(S(=O)(=O)NCCc2c(C)[nH]c3ccc(Cl)cc23)ccc1Cl. The Hall–Kier alpha value is -1.53. The summed E-state index contributed by atoms with van der Waals surface area (Å²) >= 11 is 12.0. The standard InChI is InChI=1S/C18H18Cl2N2O2S/c1-11-9-14(4-5-17(11)20)25(23,24)21-8-7-15-12(2)22-18-6-3-13(19)10-16(15)18/h3-6,9-10,21-22H,7-8H2,1-2H3. The van der Waals surface area contributed by atoms with Crippen LogP contribution in [0.3, 0.4) is 0 Å². The fourth-order valence-electron chi connectivity index (χ4n) is 2.85. The molecule has 0 atom stereocenters. The summed E-state index contributed by atoms with van der Waals surface area (Å²) in [5.74, 6) is 0. The Morgan fingerprint density at radius 3 is 2.56 bits per heavy atom. The van der Waals surface area contributed by atoms with Gasteiger partial charge in [0.05, 0.1) is 4.90 Å². The van der Waals surface area contributed by atoms with E-state index in [0.29, 0.717) is 23.0 Å². The Labute approximate surface area is 157 Å². The van der Waals surface area contributed by atoms with Crippen LogP contribution in [0.2, 0.25) is 10.0 Å². The minimum Gasteiger partial charge on any atom is -0.358 e. The van der Waals surface area contributed by atoms with Gasteiger partial charge in [0.25, 0.3) is 0 Å².